The van der Waals surface area contributed by atoms with Crippen molar-refractivity contribution in [3.05, 3.63) is 59.0 Å². The molecule has 0 spiro atoms. The minimum absolute atomic E-state index is 0.0319. The van der Waals surface area contributed by atoms with Gasteiger partial charge < -0.3 is 15.3 Å². The highest BCUT2D eigenvalue weighted by Gasteiger charge is 2.38. The summed E-state index contributed by atoms with van der Waals surface area (Å²) in [6.45, 7) is 2.18. The summed E-state index contributed by atoms with van der Waals surface area (Å²) in [7, 11) is 0. The maximum atomic E-state index is 13.7. The smallest absolute Gasteiger partial charge is 0.303 e. The Morgan fingerprint density at radius 3 is 3.00 bits per heavy atom. The number of nitrogens with zero attached hydrogens (tertiary/aromatic N) is 2. The molecule has 1 aromatic carbocycles. The van der Waals surface area contributed by atoms with E-state index in [-0.39, 0.29) is 12.3 Å². The number of aryl methyl sites for hydroxylation is 2. The summed E-state index contributed by atoms with van der Waals surface area (Å²) in [5, 5.41) is 12.7. The number of nitrogens with one attached hydrogen (secondary N) is 1. The number of carboxylic acids is 1. The second-order valence-electron chi connectivity index (χ2n) is 8.42. The molecule has 0 saturated carbocycles. The number of carbonyl (C=O) groups excluding carboxylic acids is 1. The fraction of sp³-hybridized carbons (Fsp3) is 0.458. The number of pyridine rings is 1. The molecule has 1 aromatic heterocycles. The highest BCUT2D eigenvalue weighted by Crippen LogP contribution is 2.36. The number of carboxylic acid groups (broad SMARTS) is 1. The van der Waals surface area contributed by atoms with E-state index in [0.717, 1.165) is 43.7 Å². The third kappa shape index (κ3) is 5.03. The van der Waals surface area contributed by atoms with Gasteiger partial charge in [0.05, 0.1) is 6.42 Å². The van der Waals surface area contributed by atoms with Crippen LogP contribution in [0.1, 0.15) is 48.4 Å². The van der Waals surface area contributed by atoms with Crippen LogP contribution in [0.25, 0.3) is 0 Å². The Morgan fingerprint density at radius 2 is 2.19 bits per heavy atom. The van der Waals surface area contributed by atoms with Crippen molar-refractivity contribution in [2.45, 2.75) is 44.4 Å². The average Bonchev–Trinajstić information content (AvgIpc) is 3.12. The Labute approximate surface area is 181 Å². The molecule has 4 rings (SSSR count). The molecule has 3 heterocycles. The summed E-state index contributed by atoms with van der Waals surface area (Å²) in [5.41, 5.74) is 2.85. The molecule has 7 heteroatoms. The lowest BCUT2D eigenvalue weighted by Gasteiger charge is -2.23. The first kappa shape index (κ1) is 21.3. The highest BCUT2D eigenvalue weighted by atomic mass is 19.1. The molecular weight excluding hydrogens is 397 g/mol. The van der Waals surface area contributed by atoms with Crippen molar-refractivity contribution < 1.29 is 19.1 Å². The third-order valence-electron chi connectivity index (χ3n) is 6.31. The van der Waals surface area contributed by atoms with Gasteiger partial charge in [0.15, 0.2) is 0 Å². The van der Waals surface area contributed by atoms with Crippen LogP contribution in [-0.2, 0) is 22.4 Å². The number of aliphatic carboxylic acids is 1. The van der Waals surface area contributed by atoms with Gasteiger partial charge in [-0.2, -0.15) is 0 Å². The third-order valence-corrected chi connectivity index (χ3v) is 6.31. The first-order valence-electron chi connectivity index (χ1n) is 11.0. The molecule has 2 atom stereocenters. The van der Waals surface area contributed by atoms with Crippen molar-refractivity contribution in [3.8, 4) is 0 Å². The van der Waals surface area contributed by atoms with Crippen LogP contribution in [0.3, 0.4) is 0 Å². The Morgan fingerprint density at radius 1 is 1.32 bits per heavy atom. The zero-order valence-electron chi connectivity index (χ0n) is 17.5. The molecule has 0 unspecified atom stereocenters. The lowest BCUT2D eigenvalue weighted by Crippen LogP contribution is -2.31. The van der Waals surface area contributed by atoms with E-state index in [1.54, 1.807) is 12.1 Å². The summed E-state index contributed by atoms with van der Waals surface area (Å²) < 4.78 is 13.7. The molecule has 0 bridgehead atoms. The number of amides is 1. The van der Waals surface area contributed by atoms with Gasteiger partial charge in [0, 0.05) is 37.2 Å². The monoisotopic (exact) mass is 425 g/mol. The molecule has 1 amide bonds. The summed E-state index contributed by atoms with van der Waals surface area (Å²) >= 11 is 0. The molecule has 31 heavy (non-hydrogen) atoms. The van der Waals surface area contributed by atoms with Crippen LogP contribution in [-0.4, -0.2) is 46.5 Å². The van der Waals surface area contributed by atoms with Gasteiger partial charge in [-0.15, -0.1) is 0 Å². The van der Waals surface area contributed by atoms with Gasteiger partial charge >= 0.3 is 5.97 Å². The van der Waals surface area contributed by atoms with E-state index in [9.17, 15) is 19.1 Å². The fourth-order valence-corrected chi connectivity index (χ4v) is 4.74. The van der Waals surface area contributed by atoms with Crippen LogP contribution in [0, 0.1) is 11.7 Å². The van der Waals surface area contributed by atoms with E-state index in [1.807, 2.05) is 4.90 Å². The quantitative estimate of drug-likeness (QED) is 0.675. The molecule has 6 nitrogen and oxygen atoms in total. The summed E-state index contributed by atoms with van der Waals surface area (Å²) in [5.74, 6) is -1.39. The zero-order valence-corrected chi connectivity index (χ0v) is 17.5. The van der Waals surface area contributed by atoms with Gasteiger partial charge in [-0.25, -0.2) is 9.37 Å². The predicted molar refractivity (Wildman–Crippen MR) is 115 cm³/mol. The second kappa shape index (κ2) is 9.45. The van der Waals surface area contributed by atoms with Gasteiger partial charge in [-0.1, -0.05) is 18.2 Å². The predicted octanol–water partition coefficient (Wildman–Crippen LogP) is 3.62. The highest BCUT2D eigenvalue weighted by molar-refractivity contribution is 5.83. The van der Waals surface area contributed by atoms with E-state index < -0.39 is 23.6 Å². The molecule has 0 radical (unpaired) electrons. The minimum Gasteiger partial charge on any atom is -0.481 e. The number of likely N-dealkylation sites (tertiary alicyclic amines) is 1. The maximum absolute atomic E-state index is 13.7. The standard InChI is InChI=1S/C24H28FN3O3/c25-18-6-1-4-17(14-18)21(15-22(29)30)20-10-13-28(24(20)31)12-3-7-19-9-8-16-5-2-11-26-23(16)27-19/h1,4,6,8-9,14,20-21H,2-3,5,7,10-13,15H2,(H,26,27)(H,29,30)/t20-,21-/m1/s1. The van der Waals surface area contributed by atoms with E-state index in [0.29, 0.717) is 25.1 Å². The molecule has 1 saturated heterocycles. The Kier molecular flexibility index (Phi) is 6.49. The number of aromatic nitrogens is 1. The Bertz CT molecular complexity index is 965. The zero-order chi connectivity index (χ0) is 21.8. The first-order valence-corrected chi connectivity index (χ1v) is 11.0. The molecule has 2 aliphatic heterocycles. The van der Waals surface area contributed by atoms with Crippen molar-refractivity contribution in [1.29, 1.82) is 0 Å². The number of anilines is 1. The molecule has 2 aliphatic rings. The molecule has 164 valence electrons. The Hall–Kier alpha value is -2.96. The first-order chi connectivity index (χ1) is 15.0. The number of carbonyl (C=O) groups is 2. The molecule has 0 aliphatic carbocycles. The minimum atomic E-state index is -0.979. The van der Waals surface area contributed by atoms with Crippen LogP contribution < -0.4 is 5.32 Å². The van der Waals surface area contributed by atoms with Crippen LogP contribution >= 0.6 is 0 Å². The number of fused-ring (bicyclic) bond motifs is 1. The van der Waals surface area contributed by atoms with Crippen molar-refractivity contribution in [2.75, 3.05) is 25.0 Å². The largest absolute Gasteiger partial charge is 0.481 e. The number of hydrogen-bond acceptors (Lipinski definition) is 4. The number of halogens is 1. The molecular formula is C24H28FN3O3. The van der Waals surface area contributed by atoms with Gasteiger partial charge in [-0.3, -0.25) is 9.59 Å². The lowest BCUT2D eigenvalue weighted by atomic mass is 9.82. The molecule has 2 N–H and O–H groups in total. The SMILES string of the molecule is O=C(O)C[C@H](c1cccc(F)c1)[C@H]1CCN(CCCc2ccc3c(n2)NCCC3)C1=O. The average molecular weight is 426 g/mol. The van der Waals surface area contributed by atoms with Gasteiger partial charge in [-0.05, 0) is 61.4 Å². The normalized spacial score (nSPS) is 19.1. The molecule has 2 aromatic rings. The van der Waals surface area contributed by atoms with Crippen molar-refractivity contribution in [2.24, 2.45) is 5.92 Å². The number of rotatable bonds is 8. The van der Waals surface area contributed by atoms with Crippen molar-refractivity contribution >= 4 is 17.7 Å². The van der Waals surface area contributed by atoms with Gasteiger partial charge in [0.25, 0.3) is 0 Å². The Balaban J connectivity index is 1.37. The van der Waals surface area contributed by atoms with Crippen LogP contribution in [0.2, 0.25) is 0 Å². The van der Waals surface area contributed by atoms with Crippen LogP contribution in [0.4, 0.5) is 10.2 Å². The lowest BCUT2D eigenvalue weighted by molar-refractivity contribution is -0.138. The number of hydrogen-bond donors (Lipinski definition) is 2. The summed E-state index contributed by atoms with van der Waals surface area (Å²) in [6, 6.07) is 10.1. The fourth-order valence-electron chi connectivity index (χ4n) is 4.74. The van der Waals surface area contributed by atoms with Crippen molar-refractivity contribution in [3.63, 3.8) is 0 Å². The van der Waals surface area contributed by atoms with Crippen molar-refractivity contribution in [1.82, 2.24) is 9.88 Å². The summed E-state index contributed by atoms with van der Waals surface area (Å²) in [6.07, 6.45) is 4.18. The number of benzene rings is 1. The second-order valence-corrected chi connectivity index (χ2v) is 8.42. The van der Waals surface area contributed by atoms with Gasteiger partial charge in [0.2, 0.25) is 5.91 Å². The topological polar surface area (TPSA) is 82.5 Å². The van der Waals surface area contributed by atoms with Crippen LogP contribution in [0.5, 0.6) is 0 Å². The van der Waals surface area contributed by atoms with E-state index in [4.69, 9.17) is 4.98 Å². The van der Waals surface area contributed by atoms with Crippen LogP contribution in [0.15, 0.2) is 36.4 Å². The summed E-state index contributed by atoms with van der Waals surface area (Å²) in [4.78, 5) is 31.0. The maximum Gasteiger partial charge on any atom is 0.303 e. The van der Waals surface area contributed by atoms with E-state index in [1.165, 1.54) is 17.7 Å². The van der Waals surface area contributed by atoms with Gasteiger partial charge in [0.1, 0.15) is 11.6 Å². The van der Waals surface area contributed by atoms with E-state index in [2.05, 4.69) is 17.4 Å². The molecule has 1 fully saturated rings. The van der Waals surface area contributed by atoms with E-state index >= 15 is 0 Å².